The molecule has 31 heavy (non-hydrogen) atoms. The highest BCUT2D eigenvalue weighted by Crippen LogP contribution is 2.37. The number of aromatic nitrogens is 2. The van der Waals surface area contributed by atoms with Gasteiger partial charge >= 0.3 is 6.18 Å². The summed E-state index contributed by atoms with van der Waals surface area (Å²) in [5.41, 5.74) is 3.31. The van der Waals surface area contributed by atoms with Gasteiger partial charge in [0.1, 0.15) is 0 Å². The van der Waals surface area contributed by atoms with Gasteiger partial charge < -0.3 is 10.6 Å². The molecule has 2 heterocycles. The highest BCUT2D eigenvalue weighted by atomic mass is 32.1. The number of thiazole rings is 2. The third-order valence-electron chi connectivity index (χ3n) is 5.01. The quantitative estimate of drug-likeness (QED) is 0.481. The largest absolute Gasteiger partial charge is 0.412 e. The molecule has 2 unspecified atom stereocenters. The number of alkyl halides is 3. The van der Waals surface area contributed by atoms with E-state index in [1.54, 1.807) is 24.7 Å². The molecule has 1 aliphatic rings. The number of rotatable bonds is 5. The Morgan fingerprint density at radius 2 is 2.06 bits per heavy atom. The third-order valence-corrected chi connectivity index (χ3v) is 6.89. The van der Waals surface area contributed by atoms with E-state index in [-0.39, 0.29) is 18.4 Å². The molecule has 2 N–H and O–H groups in total. The second-order valence-corrected chi connectivity index (χ2v) is 9.29. The van der Waals surface area contributed by atoms with Gasteiger partial charge in [-0.1, -0.05) is 24.3 Å². The summed E-state index contributed by atoms with van der Waals surface area (Å²) in [5.74, 6) is -0.819. The number of hydrogen-bond acceptors (Lipinski definition) is 6. The molecule has 0 radical (unpaired) electrons. The average molecular weight is 465 g/mol. The van der Waals surface area contributed by atoms with Crippen molar-refractivity contribution in [2.45, 2.75) is 32.5 Å². The Kier molecular flexibility index (Phi) is 5.85. The standard InChI is InChI=1S/C21H19F3N4OS2/c1-11-7-14(4-5-15(11)21(22,23)24)28-20-25-9-18(31-20)12(2)27-19(29)13-3-6-16-17(8-13)30-10-26-16/h3-6,8-12H,7H2,1-2H3,(H,25,28)(H,27,29). The van der Waals surface area contributed by atoms with Crippen LogP contribution in [0.2, 0.25) is 0 Å². The number of hydrogen-bond donors (Lipinski definition) is 2. The molecule has 0 saturated heterocycles. The fraction of sp³-hybridized carbons (Fsp3) is 0.286. The number of nitrogens with zero attached hydrogens (tertiary/aromatic N) is 2. The maximum atomic E-state index is 13.0. The van der Waals surface area contributed by atoms with Crippen molar-refractivity contribution in [2.24, 2.45) is 5.92 Å². The molecule has 0 aliphatic heterocycles. The van der Waals surface area contributed by atoms with Gasteiger partial charge in [-0.2, -0.15) is 13.2 Å². The van der Waals surface area contributed by atoms with Crippen molar-refractivity contribution >= 4 is 43.9 Å². The number of halogens is 3. The molecule has 0 saturated carbocycles. The van der Waals surface area contributed by atoms with Crippen molar-refractivity contribution in [3.05, 3.63) is 63.8 Å². The first-order valence-electron chi connectivity index (χ1n) is 9.55. The first-order chi connectivity index (χ1) is 14.7. The van der Waals surface area contributed by atoms with E-state index in [4.69, 9.17) is 0 Å². The SMILES string of the molecule is CC1CC(Nc2ncc(C(C)NC(=O)c3ccc4ncsc4c3)s2)=CC=C1C(F)(F)F. The van der Waals surface area contributed by atoms with Crippen molar-refractivity contribution in [3.63, 3.8) is 0 Å². The second-order valence-electron chi connectivity index (χ2n) is 7.34. The molecular weight excluding hydrogens is 445 g/mol. The van der Waals surface area contributed by atoms with Crippen LogP contribution in [-0.4, -0.2) is 22.1 Å². The lowest BCUT2D eigenvalue weighted by Gasteiger charge is -2.23. The van der Waals surface area contributed by atoms with Crippen molar-refractivity contribution < 1.29 is 18.0 Å². The Hall–Kier alpha value is -2.72. The van der Waals surface area contributed by atoms with Crippen LogP contribution in [0.4, 0.5) is 18.3 Å². The molecule has 1 amide bonds. The summed E-state index contributed by atoms with van der Waals surface area (Å²) in [6.45, 7) is 3.42. The number of benzene rings is 1. The molecular formula is C21H19F3N4OS2. The van der Waals surface area contributed by atoms with E-state index >= 15 is 0 Å². The highest BCUT2D eigenvalue weighted by molar-refractivity contribution is 7.16. The number of fused-ring (bicyclic) bond motifs is 1. The van der Waals surface area contributed by atoms with Crippen LogP contribution in [0.1, 0.15) is 41.5 Å². The van der Waals surface area contributed by atoms with Gasteiger partial charge in [-0.05, 0) is 43.5 Å². The zero-order valence-corrected chi connectivity index (χ0v) is 18.3. The predicted octanol–water partition coefficient (Wildman–Crippen LogP) is 6.07. The summed E-state index contributed by atoms with van der Waals surface area (Å²) in [7, 11) is 0. The van der Waals surface area contributed by atoms with E-state index < -0.39 is 17.7 Å². The van der Waals surface area contributed by atoms with Crippen LogP contribution in [0.3, 0.4) is 0 Å². The summed E-state index contributed by atoms with van der Waals surface area (Å²) in [5, 5.41) is 6.63. The Labute approximate surface area is 184 Å². The molecule has 0 fully saturated rings. The summed E-state index contributed by atoms with van der Waals surface area (Å²) in [4.78, 5) is 22.0. The Balaban J connectivity index is 1.40. The highest BCUT2D eigenvalue weighted by Gasteiger charge is 2.37. The summed E-state index contributed by atoms with van der Waals surface area (Å²) < 4.78 is 39.8. The molecule has 4 rings (SSSR count). The first-order valence-corrected chi connectivity index (χ1v) is 11.2. The van der Waals surface area contributed by atoms with E-state index in [2.05, 4.69) is 20.6 Å². The predicted molar refractivity (Wildman–Crippen MR) is 117 cm³/mol. The van der Waals surface area contributed by atoms with E-state index in [1.807, 2.05) is 19.1 Å². The summed E-state index contributed by atoms with van der Waals surface area (Å²) >= 11 is 2.83. The molecule has 0 spiro atoms. The normalized spacial score (nSPS) is 17.8. The van der Waals surface area contributed by atoms with Gasteiger partial charge in [0.15, 0.2) is 5.13 Å². The minimum absolute atomic E-state index is 0.195. The van der Waals surface area contributed by atoms with E-state index in [0.29, 0.717) is 16.4 Å². The number of anilines is 1. The molecule has 0 bridgehead atoms. The topological polar surface area (TPSA) is 66.9 Å². The van der Waals surface area contributed by atoms with Gasteiger partial charge in [0.2, 0.25) is 0 Å². The molecule has 2 atom stereocenters. The maximum Gasteiger partial charge on any atom is 0.412 e. The number of amides is 1. The second kappa shape index (κ2) is 8.43. The van der Waals surface area contributed by atoms with Gasteiger partial charge in [-0.15, -0.1) is 11.3 Å². The Morgan fingerprint density at radius 3 is 2.81 bits per heavy atom. The zero-order valence-electron chi connectivity index (χ0n) is 16.7. The minimum atomic E-state index is -4.31. The lowest BCUT2D eigenvalue weighted by Crippen LogP contribution is -2.26. The van der Waals surface area contributed by atoms with Crippen LogP contribution >= 0.6 is 22.7 Å². The van der Waals surface area contributed by atoms with Crippen molar-refractivity contribution in [3.8, 4) is 0 Å². The average Bonchev–Trinajstić information content (AvgIpc) is 3.35. The molecule has 2 aromatic heterocycles. The number of carbonyl (C=O) groups is 1. The summed E-state index contributed by atoms with van der Waals surface area (Å²) in [6.07, 6.45) is 0.174. The molecule has 1 aromatic carbocycles. The smallest absolute Gasteiger partial charge is 0.345 e. The number of nitrogens with one attached hydrogen (secondary N) is 2. The monoisotopic (exact) mass is 464 g/mol. The van der Waals surface area contributed by atoms with Gasteiger partial charge in [0.05, 0.1) is 21.8 Å². The number of carbonyl (C=O) groups excluding carboxylic acids is 1. The van der Waals surface area contributed by atoms with E-state index in [9.17, 15) is 18.0 Å². The molecule has 5 nitrogen and oxygen atoms in total. The zero-order chi connectivity index (χ0) is 22.2. The first kappa shape index (κ1) is 21.5. The molecule has 162 valence electrons. The molecule has 10 heteroatoms. The van der Waals surface area contributed by atoms with Crippen LogP contribution < -0.4 is 10.6 Å². The third kappa shape index (κ3) is 4.80. The van der Waals surface area contributed by atoms with Crippen LogP contribution in [0.15, 0.2) is 53.3 Å². The van der Waals surface area contributed by atoms with Crippen LogP contribution in [0.25, 0.3) is 10.2 Å². The van der Waals surface area contributed by atoms with Gasteiger partial charge in [-0.25, -0.2) is 9.97 Å². The Morgan fingerprint density at radius 1 is 1.26 bits per heavy atom. The van der Waals surface area contributed by atoms with Gasteiger partial charge in [-0.3, -0.25) is 4.79 Å². The maximum absolute atomic E-state index is 13.0. The van der Waals surface area contributed by atoms with Crippen molar-refractivity contribution in [1.29, 1.82) is 0 Å². The molecule has 3 aromatic rings. The van der Waals surface area contributed by atoms with E-state index in [0.717, 1.165) is 21.2 Å². The van der Waals surface area contributed by atoms with Crippen molar-refractivity contribution in [2.75, 3.05) is 5.32 Å². The summed E-state index contributed by atoms with van der Waals surface area (Å²) in [6, 6.07) is 5.10. The fourth-order valence-electron chi connectivity index (χ4n) is 3.36. The minimum Gasteiger partial charge on any atom is -0.345 e. The lowest BCUT2D eigenvalue weighted by atomic mass is 9.91. The fourth-order valence-corrected chi connectivity index (χ4v) is 4.93. The van der Waals surface area contributed by atoms with Crippen LogP contribution in [0, 0.1) is 5.92 Å². The van der Waals surface area contributed by atoms with Crippen LogP contribution in [0.5, 0.6) is 0 Å². The van der Waals surface area contributed by atoms with Gasteiger partial charge in [0.25, 0.3) is 5.91 Å². The van der Waals surface area contributed by atoms with Gasteiger partial charge in [0, 0.05) is 27.9 Å². The van der Waals surface area contributed by atoms with Crippen LogP contribution in [-0.2, 0) is 0 Å². The molecule has 1 aliphatic carbocycles. The van der Waals surface area contributed by atoms with Crippen molar-refractivity contribution in [1.82, 2.24) is 15.3 Å². The lowest BCUT2D eigenvalue weighted by molar-refractivity contribution is -0.0985. The Bertz CT molecular complexity index is 1180. The van der Waals surface area contributed by atoms with E-state index in [1.165, 1.54) is 28.7 Å². The number of allylic oxidation sites excluding steroid dienone is 4.